The minimum Gasteiger partial charge on any atom is -0.389 e. The van der Waals surface area contributed by atoms with Gasteiger partial charge in [0, 0.05) is 12.1 Å². The third kappa shape index (κ3) is 1.70. The SMILES string of the molecule is C[C@H]1CC[C@@H](C(C)(C)O)N1. The quantitative estimate of drug-likeness (QED) is 0.571. The molecule has 2 N–H and O–H groups in total. The molecule has 2 atom stereocenters. The summed E-state index contributed by atoms with van der Waals surface area (Å²) in [5.74, 6) is 0. The van der Waals surface area contributed by atoms with Crippen LogP contribution in [-0.2, 0) is 0 Å². The molecule has 1 saturated heterocycles. The van der Waals surface area contributed by atoms with E-state index in [2.05, 4.69) is 12.2 Å². The molecule has 0 saturated carbocycles. The first-order chi connectivity index (χ1) is 4.50. The van der Waals surface area contributed by atoms with E-state index in [4.69, 9.17) is 0 Å². The Bertz CT molecular complexity index is 117. The van der Waals surface area contributed by atoms with Crippen LogP contribution in [0.4, 0.5) is 0 Å². The Hall–Kier alpha value is -0.0800. The van der Waals surface area contributed by atoms with Crippen molar-refractivity contribution in [3.63, 3.8) is 0 Å². The maximum absolute atomic E-state index is 9.57. The predicted molar refractivity (Wildman–Crippen MR) is 41.9 cm³/mol. The number of nitrogens with one attached hydrogen (secondary N) is 1. The van der Waals surface area contributed by atoms with Crippen LogP contribution in [-0.4, -0.2) is 22.8 Å². The Morgan fingerprint density at radius 1 is 1.40 bits per heavy atom. The van der Waals surface area contributed by atoms with Crippen LogP contribution in [0.15, 0.2) is 0 Å². The summed E-state index contributed by atoms with van der Waals surface area (Å²) in [4.78, 5) is 0. The van der Waals surface area contributed by atoms with Gasteiger partial charge < -0.3 is 10.4 Å². The average molecular weight is 143 g/mol. The molecule has 0 aromatic carbocycles. The third-order valence-electron chi connectivity index (χ3n) is 2.23. The van der Waals surface area contributed by atoms with Gasteiger partial charge in [0.25, 0.3) is 0 Å². The summed E-state index contributed by atoms with van der Waals surface area (Å²) >= 11 is 0. The molecule has 0 unspecified atom stereocenters. The van der Waals surface area contributed by atoms with E-state index in [0.717, 1.165) is 6.42 Å². The molecule has 0 aromatic heterocycles. The molecule has 2 nitrogen and oxygen atoms in total. The molecule has 1 fully saturated rings. The summed E-state index contributed by atoms with van der Waals surface area (Å²) in [7, 11) is 0. The van der Waals surface area contributed by atoms with Crippen LogP contribution in [0.5, 0.6) is 0 Å². The van der Waals surface area contributed by atoms with Gasteiger partial charge >= 0.3 is 0 Å². The highest BCUT2D eigenvalue weighted by atomic mass is 16.3. The maximum Gasteiger partial charge on any atom is 0.0744 e. The van der Waals surface area contributed by atoms with Crippen molar-refractivity contribution in [2.45, 2.75) is 51.3 Å². The topological polar surface area (TPSA) is 32.3 Å². The predicted octanol–water partition coefficient (Wildman–Crippen LogP) is 0.898. The molecule has 0 spiro atoms. The van der Waals surface area contributed by atoms with Gasteiger partial charge in [0.2, 0.25) is 0 Å². The van der Waals surface area contributed by atoms with Crippen molar-refractivity contribution < 1.29 is 5.11 Å². The highest BCUT2D eigenvalue weighted by Crippen LogP contribution is 2.21. The smallest absolute Gasteiger partial charge is 0.0744 e. The summed E-state index contributed by atoms with van der Waals surface area (Å²) in [6.45, 7) is 5.89. The number of hydrogen-bond donors (Lipinski definition) is 2. The lowest BCUT2D eigenvalue weighted by atomic mass is 9.98. The number of aliphatic hydroxyl groups is 1. The molecule has 0 amide bonds. The molecule has 2 heteroatoms. The minimum absolute atomic E-state index is 0.294. The van der Waals surface area contributed by atoms with E-state index in [1.807, 2.05) is 13.8 Å². The second kappa shape index (κ2) is 2.51. The van der Waals surface area contributed by atoms with Gasteiger partial charge in [0.15, 0.2) is 0 Å². The lowest BCUT2D eigenvalue weighted by Crippen LogP contribution is -2.44. The Labute approximate surface area is 62.6 Å². The van der Waals surface area contributed by atoms with E-state index < -0.39 is 5.60 Å². The summed E-state index contributed by atoms with van der Waals surface area (Å²) in [5, 5.41) is 12.9. The van der Waals surface area contributed by atoms with Gasteiger partial charge in [0.05, 0.1) is 5.60 Å². The molecule has 1 rings (SSSR count). The summed E-state index contributed by atoms with van der Waals surface area (Å²) < 4.78 is 0. The Morgan fingerprint density at radius 3 is 2.20 bits per heavy atom. The molecule has 1 aliphatic rings. The van der Waals surface area contributed by atoms with Crippen LogP contribution < -0.4 is 5.32 Å². The molecule has 1 heterocycles. The van der Waals surface area contributed by atoms with E-state index >= 15 is 0 Å². The van der Waals surface area contributed by atoms with Gasteiger partial charge in [-0.3, -0.25) is 0 Å². The fraction of sp³-hybridized carbons (Fsp3) is 1.00. The van der Waals surface area contributed by atoms with Gasteiger partial charge in [-0.2, -0.15) is 0 Å². The van der Waals surface area contributed by atoms with Gasteiger partial charge in [-0.05, 0) is 33.6 Å². The van der Waals surface area contributed by atoms with Crippen molar-refractivity contribution >= 4 is 0 Å². The van der Waals surface area contributed by atoms with Crippen molar-refractivity contribution in [2.24, 2.45) is 0 Å². The average Bonchev–Trinajstić information content (AvgIpc) is 2.11. The maximum atomic E-state index is 9.57. The molecule has 60 valence electrons. The molecular weight excluding hydrogens is 126 g/mol. The van der Waals surface area contributed by atoms with Crippen LogP contribution in [0.2, 0.25) is 0 Å². The zero-order chi connectivity index (χ0) is 7.78. The van der Waals surface area contributed by atoms with E-state index in [0.29, 0.717) is 12.1 Å². The first-order valence-corrected chi connectivity index (χ1v) is 3.98. The fourth-order valence-corrected chi connectivity index (χ4v) is 1.48. The van der Waals surface area contributed by atoms with Crippen LogP contribution in [0.3, 0.4) is 0 Å². The van der Waals surface area contributed by atoms with Crippen molar-refractivity contribution in [1.82, 2.24) is 5.32 Å². The molecule has 0 aromatic rings. The molecular formula is C8H17NO. The lowest BCUT2D eigenvalue weighted by molar-refractivity contribution is 0.0435. The van der Waals surface area contributed by atoms with Crippen LogP contribution >= 0.6 is 0 Å². The Balaban J connectivity index is 2.45. The number of rotatable bonds is 1. The first-order valence-electron chi connectivity index (χ1n) is 3.98. The standard InChI is InChI=1S/C8H17NO/c1-6-4-5-7(9-6)8(2,3)10/h6-7,9-10H,4-5H2,1-3H3/t6-,7-/m0/s1. The fourth-order valence-electron chi connectivity index (χ4n) is 1.48. The van der Waals surface area contributed by atoms with Crippen molar-refractivity contribution in [3.05, 3.63) is 0 Å². The van der Waals surface area contributed by atoms with Crippen LogP contribution in [0, 0.1) is 0 Å². The van der Waals surface area contributed by atoms with Gasteiger partial charge in [-0.1, -0.05) is 0 Å². The van der Waals surface area contributed by atoms with Crippen LogP contribution in [0.1, 0.15) is 33.6 Å². The summed E-state index contributed by atoms with van der Waals surface area (Å²) in [6.07, 6.45) is 2.29. The Kier molecular flexibility index (Phi) is 2.02. The molecule has 0 radical (unpaired) electrons. The van der Waals surface area contributed by atoms with Crippen molar-refractivity contribution in [2.75, 3.05) is 0 Å². The van der Waals surface area contributed by atoms with Crippen molar-refractivity contribution in [1.29, 1.82) is 0 Å². The van der Waals surface area contributed by atoms with E-state index in [1.165, 1.54) is 6.42 Å². The first kappa shape index (κ1) is 8.02. The molecule has 0 bridgehead atoms. The molecule has 1 aliphatic heterocycles. The van der Waals surface area contributed by atoms with Gasteiger partial charge in [-0.15, -0.1) is 0 Å². The second-order valence-corrected chi connectivity index (χ2v) is 3.85. The summed E-state index contributed by atoms with van der Waals surface area (Å²) in [5.41, 5.74) is -0.551. The molecule has 0 aliphatic carbocycles. The monoisotopic (exact) mass is 143 g/mol. The third-order valence-corrected chi connectivity index (χ3v) is 2.23. The number of hydrogen-bond acceptors (Lipinski definition) is 2. The summed E-state index contributed by atoms with van der Waals surface area (Å²) in [6, 6.07) is 0.874. The van der Waals surface area contributed by atoms with E-state index in [-0.39, 0.29) is 0 Å². The molecule has 10 heavy (non-hydrogen) atoms. The highest BCUT2D eigenvalue weighted by molar-refractivity contribution is 4.91. The van der Waals surface area contributed by atoms with Gasteiger partial charge in [0.1, 0.15) is 0 Å². The van der Waals surface area contributed by atoms with Gasteiger partial charge in [-0.25, -0.2) is 0 Å². The Morgan fingerprint density at radius 2 is 2.00 bits per heavy atom. The lowest BCUT2D eigenvalue weighted by Gasteiger charge is -2.25. The van der Waals surface area contributed by atoms with E-state index in [9.17, 15) is 5.11 Å². The van der Waals surface area contributed by atoms with E-state index in [1.54, 1.807) is 0 Å². The largest absolute Gasteiger partial charge is 0.389 e. The van der Waals surface area contributed by atoms with Crippen LogP contribution in [0.25, 0.3) is 0 Å². The second-order valence-electron chi connectivity index (χ2n) is 3.85. The zero-order valence-electron chi connectivity index (χ0n) is 7.02. The minimum atomic E-state index is -0.551. The van der Waals surface area contributed by atoms with Crippen molar-refractivity contribution in [3.8, 4) is 0 Å². The zero-order valence-corrected chi connectivity index (χ0v) is 7.02. The normalized spacial score (nSPS) is 34.8. The highest BCUT2D eigenvalue weighted by Gasteiger charge is 2.31.